The number of unbranched alkanes of at least 4 members (excludes halogenated alkanes) is 2. The minimum absolute atomic E-state index is 0.103. The Balaban J connectivity index is 2.61. The Labute approximate surface area is 122 Å². The second-order valence-corrected chi connectivity index (χ2v) is 5.76. The van der Waals surface area contributed by atoms with Crippen LogP contribution in [0.1, 0.15) is 33.1 Å². The van der Waals surface area contributed by atoms with E-state index in [4.69, 9.17) is 5.11 Å². The van der Waals surface area contributed by atoms with Crippen molar-refractivity contribution in [2.45, 2.75) is 39.7 Å². The number of hydrogen-bond donors (Lipinski definition) is 2. The average molecular weight is 332 g/mol. The third kappa shape index (κ3) is 5.32. The van der Waals surface area contributed by atoms with Crippen LogP contribution < -0.4 is 10.9 Å². The number of hydrogen-bond acceptors (Lipinski definition) is 4. The maximum absolute atomic E-state index is 12.0. The van der Waals surface area contributed by atoms with Gasteiger partial charge in [-0.2, -0.15) is 5.10 Å². The van der Waals surface area contributed by atoms with E-state index in [1.165, 1.54) is 4.68 Å². The first kappa shape index (κ1) is 16.2. The number of anilines is 1. The minimum atomic E-state index is -0.103. The molecule has 108 valence electrons. The summed E-state index contributed by atoms with van der Waals surface area (Å²) >= 11 is 3.33. The molecule has 0 saturated heterocycles. The molecule has 0 aliphatic rings. The van der Waals surface area contributed by atoms with Crippen molar-refractivity contribution >= 4 is 21.6 Å². The first-order valence-electron chi connectivity index (χ1n) is 6.66. The second kappa shape index (κ2) is 8.32. The zero-order chi connectivity index (χ0) is 14.3. The molecule has 1 heterocycles. The Kier molecular flexibility index (Phi) is 7.09. The van der Waals surface area contributed by atoms with Gasteiger partial charge in [0.25, 0.3) is 5.56 Å². The fourth-order valence-electron chi connectivity index (χ4n) is 1.70. The molecule has 1 aromatic rings. The molecule has 0 bridgehead atoms. The molecule has 0 fully saturated rings. The molecule has 2 N–H and O–H groups in total. The summed E-state index contributed by atoms with van der Waals surface area (Å²) < 4.78 is 2.01. The molecule has 5 nitrogen and oxygen atoms in total. The Morgan fingerprint density at radius 2 is 2.16 bits per heavy atom. The molecule has 0 amide bonds. The molecule has 6 heteroatoms. The predicted molar refractivity (Wildman–Crippen MR) is 80.5 cm³/mol. The van der Waals surface area contributed by atoms with Gasteiger partial charge in [0, 0.05) is 19.7 Å². The number of nitrogens with zero attached hydrogens (tertiary/aromatic N) is 2. The lowest BCUT2D eigenvalue weighted by molar-refractivity contribution is 0.283. The minimum Gasteiger partial charge on any atom is -0.396 e. The van der Waals surface area contributed by atoms with E-state index in [0.29, 0.717) is 16.9 Å². The van der Waals surface area contributed by atoms with Gasteiger partial charge in [-0.25, -0.2) is 4.68 Å². The van der Waals surface area contributed by atoms with Crippen LogP contribution in [0, 0.1) is 5.92 Å². The Morgan fingerprint density at radius 1 is 1.42 bits per heavy atom. The van der Waals surface area contributed by atoms with Crippen molar-refractivity contribution < 1.29 is 5.11 Å². The largest absolute Gasteiger partial charge is 0.396 e. The van der Waals surface area contributed by atoms with Crippen molar-refractivity contribution in [2.24, 2.45) is 5.92 Å². The van der Waals surface area contributed by atoms with Crippen LogP contribution in [-0.2, 0) is 6.54 Å². The molecule has 0 radical (unpaired) electrons. The van der Waals surface area contributed by atoms with Gasteiger partial charge >= 0.3 is 0 Å². The number of halogens is 1. The van der Waals surface area contributed by atoms with Gasteiger partial charge in [0.15, 0.2) is 0 Å². The van der Waals surface area contributed by atoms with E-state index < -0.39 is 0 Å². The Morgan fingerprint density at radius 3 is 2.79 bits per heavy atom. The molecule has 0 aromatic carbocycles. The summed E-state index contributed by atoms with van der Waals surface area (Å²) in [6.07, 6.45) is 4.43. The van der Waals surface area contributed by atoms with E-state index in [2.05, 4.69) is 40.2 Å². The molecule has 0 atom stereocenters. The SMILES string of the molecule is CC(C)Cn1ncc(NCCCCCO)c(Br)c1=O. The quantitative estimate of drug-likeness (QED) is 0.717. The monoisotopic (exact) mass is 331 g/mol. The predicted octanol–water partition coefficient (Wildman–Crippen LogP) is 2.24. The molecule has 0 unspecified atom stereocenters. The molecule has 1 rings (SSSR count). The van der Waals surface area contributed by atoms with Crippen LogP contribution in [0.4, 0.5) is 5.69 Å². The first-order valence-corrected chi connectivity index (χ1v) is 7.46. The third-order valence-electron chi connectivity index (χ3n) is 2.67. The van der Waals surface area contributed by atoms with Gasteiger partial charge in [-0.05, 0) is 41.1 Å². The van der Waals surface area contributed by atoms with Crippen molar-refractivity contribution in [3.8, 4) is 0 Å². The zero-order valence-corrected chi connectivity index (χ0v) is 13.1. The van der Waals surface area contributed by atoms with Crippen molar-refractivity contribution in [3.05, 3.63) is 21.0 Å². The summed E-state index contributed by atoms with van der Waals surface area (Å²) in [5, 5.41) is 16.0. The highest BCUT2D eigenvalue weighted by Gasteiger charge is 2.09. The number of aliphatic hydroxyl groups is 1. The number of nitrogens with one attached hydrogen (secondary N) is 1. The molecule has 0 spiro atoms. The molecular formula is C13H22BrN3O2. The van der Waals surface area contributed by atoms with Crippen LogP contribution in [0.3, 0.4) is 0 Å². The van der Waals surface area contributed by atoms with Crippen LogP contribution in [0.25, 0.3) is 0 Å². The van der Waals surface area contributed by atoms with Gasteiger partial charge in [0.2, 0.25) is 0 Å². The maximum Gasteiger partial charge on any atom is 0.283 e. The number of rotatable bonds is 8. The van der Waals surface area contributed by atoms with Gasteiger partial charge in [0.05, 0.1) is 11.9 Å². The maximum atomic E-state index is 12.0. The van der Waals surface area contributed by atoms with Crippen LogP contribution in [0.15, 0.2) is 15.5 Å². The highest BCUT2D eigenvalue weighted by molar-refractivity contribution is 9.10. The summed E-state index contributed by atoms with van der Waals surface area (Å²) in [4.78, 5) is 12.0. The lowest BCUT2D eigenvalue weighted by Crippen LogP contribution is -2.26. The van der Waals surface area contributed by atoms with Crippen LogP contribution in [0.5, 0.6) is 0 Å². The second-order valence-electron chi connectivity index (χ2n) is 4.96. The lowest BCUT2D eigenvalue weighted by atomic mass is 10.2. The fraction of sp³-hybridized carbons (Fsp3) is 0.692. The van der Waals surface area contributed by atoms with Crippen LogP contribution >= 0.6 is 15.9 Å². The van der Waals surface area contributed by atoms with Gasteiger partial charge in [-0.3, -0.25) is 4.79 Å². The highest BCUT2D eigenvalue weighted by Crippen LogP contribution is 2.16. The Bertz CT molecular complexity index is 446. The van der Waals surface area contributed by atoms with Gasteiger partial charge in [-0.15, -0.1) is 0 Å². The summed E-state index contributed by atoms with van der Waals surface area (Å²) in [6.45, 7) is 5.73. The molecule has 19 heavy (non-hydrogen) atoms. The van der Waals surface area contributed by atoms with Crippen LogP contribution in [-0.4, -0.2) is 28.0 Å². The smallest absolute Gasteiger partial charge is 0.283 e. The average Bonchev–Trinajstić information content (AvgIpc) is 2.37. The van der Waals surface area contributed by atoms with Gasteiger partial charge in [-0.1, -0.05) is 13.8 Å². The number of aromatic nitrogens is 2. The van der Waals surface area contributed by atoms with Crippen molar-refractivity contribution in [3.63, 3.8) is 0 Å². The summed E-state index contributed by atoms with van der Waals surface area (Å²) in [5.41, 5.74) is 0.628. The van der Waals surface area contributed by atoms with Gasteiger partial charge < -0.3 is 10.4 Å². The van der Waals surface area contributed by atoms with E-state index in [-0.39, 0.29) is 12.2 Å². The number of aliphatic hydroxyl groups excluding tert-OH is 1. The summed E-state index contributed by atoms with van der Waals surface area (Å²) in [6, 6.07) is 0. The molecule has 0 aliphatic carbocycles. The fourth-order valence-corrected chi connectivity index (χ4v) is 2.15. The standard InChI is InChI=1S/C13H22BrN3O2/c1-10(2)9-17-13(19)12(14)11(8-16-17)15-6-4-3-5-7-18/h8,10,15,18H,3-7,9H2,1-2H3. The third-order valence-corrected chi connectivity index (χ3v) is 3.44. The summed E-state index contributed by atoms with van der Waals surface area (Å²) in [5.74, 6) is 0.384. The zero-order valence-electron chi connectivity index (χ0n) is 11.5. The summed E-state index contributed by atoms with van der Waals surface area (Å²) in [7, 11) is 0. The molecule has 0 saturated carbocycles. The normalized spacial score (nSPS) is 11.0. The molecule has 0 aliphatic heterocycles. The van der Waals surface area contributed by atoms with E-state index in [9.17, 15) is 4.79 Å². The van der Waals surface area contributed by atoms with Gasteiger partial charge in [0.1, 0.15) is 4.47 Å². The van der Waals surface area contributed by atoms with E-state index >= 15 is 0 Å². The highest BCUT2D eigenvalue weighted by atomic mass is 79.9. The van der Waals surface area contributed by atoms with Crippen molar-refractivity contribution in [2.75, 3.05) is 18.5 Å². The lowest BCUT2D eigenvalue weighted by Gasteiger charge is -2.11. The molecule has 1 aromatic heterocycles. The Hall–Kier alpha value is -0.880. The topological polar surface area (TPSA) is 67.2 Å². The van der Waals surface area contributed by atoms with E-state index in [1.807, 2.05) is 0 Å². The van der Waals surface area contributed by atoms with E-state index in [0.717, 1.165) is 31.5 Å². The first-order chi connectivity index (χ1) is 9.06. The van der Waals surface area contributed by atoms with Crippen molar-refractivity contribution in [1.82, 2.24) is 9.78 Å². The molecular weight excluding hydrogens is 310 g/mol. The van der Waals surface area contributed by atoms with E-state index in [1.54, 1.807) is 6.20 Å². The van der Waals surface area contributed by atoms with Crippen molar-refractivity contribution in [1.29, 1.82) is 0 Å². The van der Waals surface area contributed by atoms with Crippen LogP contribution in [0.2, 0.25) is 0 Å².